The van der Waals surface area contributed by atoms with Crippen LogP contribution in [0, 0.1) is 12.8 Å². The van der Waals surface area contributed by atoms with E-state index in [9.17, 15) is 4.79 Å². The molecule has 2 heterocycles. The Balaban J connectivity index is 0.00000242. The first-order valence-corrected chi connectivity index (χ1v) is 7.18. The fraction of sp³-hybridized carbons (Fsp3) is 0.533. The van der Waals surface area contributed by atoms with Crippen molar-refractivity contribution in [2.24, 2.45) is 11.7 Å². The molecule has 0 aliphatic heterocycles. The molecule has 0 aliphatic rings. The fourth-order valence-electron chi connectivity index (χ4n) is 2.58. The second-order valence-corrected chi connectivity index (χ2v) is 6.26. The highest BCUT2D eigenvalue weighted by Crippen LogP contribution is 2.18. The monoisotopic (exact) mass is 361 g/mol. The Bertz CT molecular complexity index is 658. The van der Waals surface area contributed by atoms with Crippen LogP contribution >= 0.6 is 24.8 Å². The van der Waals surface area contributed by atoms with E-state index >= 15 is 0 Å². The topological polar surface area (TPSA) is 96.7 Å². The molecule has 0 spiro atoms. The zero-order valence-electron chi connectivity index (χ0n) is 13.8. The number of halogens is 2. The maximum absolute atomic E-state index is 12.4. The Morgan fingerprint density at radius 2 is 2.09 bits per heavy atom. The molecule has 0 bridgehead atoms. The van der Waals surface area contributed by atoms with E-state index in [1.807, 2.05) is 19.9 Å². The molecule has 0 aromatic carbocycles. The van der Waals surface area contributed by atoms with Gasteiger partial charge < -0.3 is 11.1 Å². The molecule has 0 radical (unpaired) electrons. The number of carbonyl (C=O) groups excluding carboxylic acids is 1. The van der Waals surface area contributed by atoms with Crippen molar-refractivity contribution in [3.63, 3.8) is 0 Å². The lowest BCUT2D eigenvalue weighted by Gasteiger charge is -2.31. The van der Waals surface area contributed by atoms with Gasteiger partial charge in [0.05, 0.1) is 5.56 Å². The van der Waals surface area contributed by atoms with E-state index in [-0.39, 0.29) is 30.7 Å². The summed E-state index contributed by atoms with van der Waals surface area (Å²) in [6.45, 7) is 8.50. The highest BCUT2D eigenvalue weighted by Gasteiger charge is 2.26. The summed E-state index contributed by atoms with van der Waals surface area (Å²) >= 11 is 0. The van der Waals surface area contributed by atoms with Gasteiger partial charge in [0, 0.05) is 29.4 Å². The molecule has 4 N–H and O–H groups in total. The van der Waals surface area contributed by atoms with Gasteiger partial charge in [-0.25, -0.2) is 4.98 Å². The first kappa shape index (κ1) is 21.6. The first-order chi connectivity index (χ1) is 9.84. The van der Waals surface area contributed by atoms with Crippen LogP contribution in [0.1, 0.15) is 43.2 Å². The maximum Gasteiger partial charge on any atom is 0.253 e. The predicted octanol–water partition coefficient (Wildman–Crippen LogP) is 2.60. The third-order valence-electron chi connectivity index (χ3n) is 3.59. The van der Waals surface area contributed by atoms with Gasteiger partial charge in [-0.2, -0.15) is 5.10 Å². The number of fused-ring (bicyclic) bond motifs is 1. The summed E-state index contributed by atoms with van der Waals surface area (Å²) in [5.41, 5.74) is 7.46. The SMILES string of the molecule is Cc1[nH]nc2ncc(C(=O)NC(C)(CN)CC(C)C)cc12.Cl.Cl. The Kier molecular flexibility index (Phi) is 7.97. The van der Waals surface area contributed by atoms with Gasteiger partial charge in [-0.3, -0.25) is 9.89 Å². The largest absolute Gasteiger partial charge is 0.346 e. The highest BCUT2D eigenvalue weighted by molar-refractivity contribution is 5.97. The van der Waals surface area contributed by atoms with Crippen LogP contribution in [0.3, 0.4) is 0 Å². The summed E-state index contributed by atoms with van der Waals surface area (Å²) in [7, 11) is 0. The minimum atomic E-state index is -0.411. The number of aromatic nitrogens is 3. The fourth-order valence-corrected chi connectivity index (χ4v) is 2.58. The third kappa shape index (κ3) is 5.06. The van der Waals surface area contributed by atoms with Crippen molar-refractivity contribution >= 4 is 41.8 Å². The number of hydrogen-bond donors (Lipinski definition) is 3. The molecular formula is C15H25Cl2N5O. The number of carbonyl (C=O) groups is 1. The average Bonchev–Trinajstić information content (AvgIpc) is 2.79. The Labute approximate surface area is 148 Å². The first-order valence-electron chi connectivity index (χ1n) is 7.18. The number of rotatable bonds is 5. The molecule has 1 unspecified atom stereocenters. The Morgan fingerprint density at radius 3 is 2.65 bits per heavy atom. The van der Waals surface area contributed by atoms with E-state index in [0.717, 1.165) is 17.5 Å². The summed E-state index contributed by atoms with van der Waals surface area (Å²) in [6.07, 6.45) is 2.37. The lowest BCUT2D eigenvalue weighted by Crippen LogP contribution is -2.52. The number of aromatic amines is 1. The van der Waals surface area contributed by atoms with Gasteiger partial charge in [0.1, 0.15) is 0 Å². The molecule has 0 fully saturated rings. The van der Waals surface area contributed by atoms with Crippen molar-refractivity contribution in [1.29, 1.82) is 0 Å². The van der Waals surface area contributed by atoms with E-state index in [1.54, 1.807) is 6.20 Å². The minimum absolute atomic E-state index is 0. The molecule has 0 saturated carbocycles. The summed E-state index contributed by atoms with van der Waals surface area (Å²) in [6, 6.07) is 1.81. The van der Waals surface area contributed by atoms with Crippen LogP contribution in [-0.2, 0) is 0 Å². The second kappa shape index (κ2) is 8.47. The molecule has 6 nitrogen and oxygen atoms in total. The number of amides is 1. The van der Waals surface area contributed by atoms with Gasteiger partial charge >= 0.3 is 0 Å². The van der Waals surface area contributed by atoms with E-state index in [4.69, 9.17) is 5.73 Å². The van der Waals surface area contributed by atoms with Crippen molar-refractivity contribution in [2.75, 3.05) is 6.54 Å². The Morgan fingerprint density at radius 1 is 1.43 bits per heavy atom. The number of nitrogens with two attached hydrogens (primary N) is 1. The quantitative estimate of drug-likeness (QED) is 0.762. The molecule has 2 aromatic heterocycles. The lowest BCUT2D eigenvalue weighted by molar-refractivity contribution is 0.0898. The predicted molar refractivity (Wildman–Crippen MR) is 97.5 cm³/mol. The molecule has 2 rings (SSSR count). The molecule has 2 aromatic rings. The van der Waals surface area contributed by atoms with Crippen LogP contribution in [-0.4, -0.2) is 33.2 Å². The number of hydrogen-bond acceptors (Lipinski definition) is 4. The van der Waals surface area contributed by atoms with Crippen LogP contribution in [0.4, 0.5) is 0 Å². The smallest absolute Gasteiger partial charge is 0.253 e. The van der Waals surface area contributed by atoms with Crippen LogP contribution in [0.5, 0.6) is 0 Å². The highest BCUT2D eigenvalue weighted by atomic mass is 35.5. The van der Waals surface area contributed by atoms with Crippen molar-refractivity contribution in [2.45, 2.75) is 39.7 Å². The summed E-state index contributed by atoms with van der Waals surface area (Å²) in [5, 5.41) is 10.8. The summed E-state index contributed by atoms with van der Waals surface area (Å²) in [5.74, 6) is 0.300. The van der Waals surface area contributed by atoms with E-state index < -0.39 is 5.54 Å². The summed E-state index contributed by atoms with van der Waals surface area (Å²) < 4.78 is 0. The van der Waals surface area contributed by atoms with Crippen molar-refractivity contribution in [1.82, 2.24) is 20.5 Å². The zero-order chi connectivity index (χ0) is 15.6. The van der Waals surface area contributed by atoms with Gasteiger partial charge in [-0.05, 0) is 32.3 Å². The average molecular weight is 362 g/mol. The van der Waals surface area contributed by atoms with E-state index in [0.29, 0.717) is 23.7 Å². The van der Waals surface area contributed by atoms with Crippen LogP contribution in [0.15, 0.2) is 12.3 Å². The van der Waals surface area contributed by atoms with Crippen molar-refractivity contribution in [3.05, 3.63) is 23.5 Å². The Hall–Kier alpha value is -1.37. The van der Waals surface area contributed by atoms with Crippen LogP contribution in [0.2, 0.25) is 0 Å². The normalized spacial score (nSPS) is 13.1. The number of pyridine rings is 1. The number of nitrogens with zero attached hydrogens (tertiary/aromatic N) is 2. The number of H-pyrrole nitrogens is 1. The number of aryl methyl sites for hydroxylation is 1. The molecule has 0 saturated heterocycles. The molecule has 23 heavy (non-hydrogen) atoms. The number of nitrogens with one attached hydrogen (secondary N) is 2. The molecule has 0 aliphatic carbocycles. The van der Waals surface area contributed by atoms with E-state index in [2.05, 4.69) is 34.3 Å². The van der Waals surface area contributed by atoms with Gasteiger partial charge in [0.25, 0.3) is 5.91 Å². The van der Waals surface area contributed by atoms with Gasteiger partial charge in [-0.15, -0.1) is 24.8 Å². The van der Waals surface area contributed by atoms with Crippen LogP contribution < -0.4 is 11.1 Å². The van der Waals surface area contributed by atoms with E-state index in [1.165, 1.54) is 0 Å². The minimum Gasteiger partial charge on any atom is -0.346 e. The third-order valence-corrected chi connectivity index (χ3v) is 3.59. The van der Waals surface area contributed by atoms with Crippen molar-refractivity contribution in [3.8, 4) is 0 Å². The standard InChI is InChI=1S/C15H23N5O.2ClH/c1-9(2)6-15(4,8-16)18-14(21)11-5-12-10(3)19-20-13(12)17-7-11;;/h5,7,9H,6,8,16H2,1-4H3,(H,18,21)(H,17,19,20);2*1H. The second-order valence-electron chi connectivity index (χ2n) is 6.26. The van der Waals surface area contributed by atoms with Gasteiger partial charge in [-0.1, -0.05) is 13.8 Å². The summed E-state index contributed by atoms with van der Waals surface area (Å²) in [4.78, 5) is 16.6. The van der Waals surface area contributed by atoms with Gasteiger partial charge in [0.2, 0.25) is 0 Å². The molecule has 8 heteroatoms. The molecule has 1 atom stereocenters. The molecule has 1 amide bonds. The molecule has 130 valence electrons. The van der Waals surface area contributed by atoms with Crippen molar-refractivity contribution < 1.29 is 4.79 Å². The zero-order valence-corrected chi connectivity index (χ0v) is 15.5. The molecular weight excluding hydrogens is 337 g/mol. The lowest BCUT2D eigenvalue weighted by atomic mass is 9.90. The van der Waals surface area contributed by atoms with Gasteiger partial charge in [0.15, 0.2) is 5.65 Å². The maximum atomic E-state index is 12.4. The van der Waals surface area contributed by atoms with Crippen LogP contribution in [0.25, 0.3) is 11.0 Å².